The zero-order chi connectivity index (χ0) is 21.5. The average molecular weight is 406 g/mol. The normalized spacial score (nSPS) is 18.7. The predicted octanol–water partition coefficient (Wildman–Crippen LogP) is 3.99. The Balaban J connectivity index is 1.57. The second-order valence-electron chi connectivity index (χ2n) is 7.59. The molecular formula is C23H23FN4O2. The Morgan fingerprint density at radius 2 is 1.70 bits per heavy atom. The fraction of sp³-hybridized carbons (Fsp3) is 0.261. The highest BCUT2D eigenvalue weighted by Gasteiger charge is 2.51. The number of urea groups is 1. The van der Waals surface area contributed by atoms with Gasteiger partial charge in [-0.15, -0.1) is 0 Å². The number of hydrogen-bond donors (Lipinski definition) is 1. The summed E-state index contributed by atoms with van der Waals surface area (Å²) in [6.45, 7) is 5.91. The number of imide groups is 1. The van der Waals surface area contributed by atoms with Crippen LogP contribution in [-0.4, -0.2) is 26.6 Å². The third-order valence-corrected chi connectivity index (χ3v) is 5.57. The molecule has 2 heterocycles. The highest BCUT2D eigenvalue weighted by atomic mass is 19.1. The van der Waals surface area contributed by atoms with Crippen LogP contribution in [0, 0.1) is 19.7 Å². The molecule has 0 spiro atoms. The fourth-order valence-electron chi connectivity index (χ4n) is 3.96. The first-order valence-corrected chi connectivity index (χ1v) is 9.87. The monoisotopic (exact) mass is 406 g/mol. The molecule has 0 aliphatic carbocycles. The van der Waals surface area contributed by atoms with Gasteiger partial charge >= 0.3 is 6.03 Å². The van der Waals surface area contributed by atoms with E-state index in [4.69, 9.17) is 0 Å². The molecule has 3 aromatic rings. The van der Waals surface area contributed by atoms with Gasteiger partial charge in [-0.2, -0.15) is 5.10 Å². The molecule has 154 valence electrons. The Morgan fingerprint density at radius 1 is 1.03 bits per heavy atom. The van der Waals surface area contributed by atoms with Crippen molar-refractivity contribution in [3.8, 4) is 5.69 Å². The molecule has 30 heavy (non-hydrogen) atoms. The van der Waals surface area contributed by atoms with Crippen LogP contribution in [0.2, 0.25) is 0 Å². The van der Waals surface area contributed by atoms with E-state index in [-0.39, 0.29) is 18.3 Å². The minimum Gasteiger partial charge on any atom is -0.319 e. The molecule has 1 N–H and O–H groups in total. The third kappa shape index (κ3) is 3.26. The lowest BCUT2D eigenvalue weighted by atomic mass is 9.87. The van der Waals surface area contributed by atoms with Gasteiger partial charge in [0, 0.05) is 5.69 Å². The number of nitrogens with zero attached hydrogens (tertiary/aromatic N) is 3. The van der Waals surface area contributed by atoms with Crippen LogP contribution in [-0.2, 0) is 16.9 Å². The maximum absolute atomic E-state index is 13.3. The van der Waals surface area contributed by atoms with E-state index in [9.17, 15) is 14.0 Å². The maximum atomic E-state index is 13.3. The molecule has 0 bridgehead atoms. The van der Waals surface area contributed by atoms with Crippen molar-refractivity contribution in [2.45, 2.75) is 39.3 Å². The van der Waals surface area contributed by atoms with E-state index < -0.39 is 11.6 Å². The van der Waals surface area contributed by atoms with Gasteiger partial charge in [-0.1, -0.05) is 31.2 Å². The number of aryl methyl sites for hydroxylation is 2. The summed E-state index contributed by atoms with van der Waals surface area (Å²) in [7, 11) is 0. The average Bonchev–Trinajstić information content (AvgIpc) is 3.20. The third-order valence-electron chi connectivity index (χ3n) is 5.57. The highest BCUT2D eigenvalue weighted by molar-refractivity contribution is 6.07. The number of carbonyl (C=O) groups excluding carboxylic acids is 2. The molecular weight excluding hydrogens is 383 g/mol. The minimum atomic E-state index is -1.17. The van der Waals surface area contributed by atoms with Crippen molar-refractivity contribution in [3.63, 3.8) is 0 Å². The zero-order valence-corrected chi connectivity index (χ0v) is 17.1. The molecule has 6 nitrogen and oxygen atoms in total. The van der Waals surface area contributed by atoms with Crippen LogP contribution in [0.5, 0.6) is 0 Å². The van der Waals surface area contributed by atoms with Gasteiger partial charge in [-0.3, -0.25) is 9.69 Å². The number of hydrogen-bond acceptors (Lipinski definition) is 3. The van der Waals surface area contributed by atoms with Crippen LogP contribution in [0.3, 0.4) is 0 Å². The molecule has 4 rings (SSSR count). The van der Waals surface area contributed by atoms with Crippen LogP contribution in [0.4, 0.5) is 9.18 Å². The second-order valence-corrected chi connectivity index (χ2v) is 7.59. The van der Waals surface area contributed by atoms with Crippen LogP contribution in [0.15, 0.2) is 54.6 Å². The summed E-state index contributed by atoms with van der Waals surface area (Å²) >= 11 is 0. The number of aromatic nitrogens is 2. The predicted molar refractivity (Wildman–Crippen MR) is 110 cm³/mol. The lowest BCUT2D eigenvalue weighted by Gasteiger charge is -2.25. The van der Waals surface area contributed by atoms with E-state index in [1.807, 2.05) is 55.8 Å². The Labute approximate surface area is 174 Å². The number of halogens is 1. The molecule has 2 aromatic carbocycles. The SMILES string of the molecule is CCC1(c2ccc(F)cc2)NC(=O)N(Cc2ccc(-n3nc(C)cc3C)cc2)C1=O. The van der Waals surface area contributed by atoms with Crippen molar-refractivity contribution in [2.75, 3.05) is 0 Å². The molecule has 0 radical (unpaired) electrons. The number of carbonyl (C=O) groups is 2. The molecule has 1 aromatic heterocycles. The first-order valence-electron chi connectivity index (χ1n) is 9.87. The first-order chi connectivity index (χ1) is 14.3. The standard InChI is InChI=1S/C23H23FN4O2/c1-4-23(18-7-9-19(24)10-8-18)21(29)27(22(30)25-23)14-17-5-11-20(12-6-17)28-16(3)13-15(2)26-28/h5-13H,4,14H2,1-3H3,(H,25,30). The van der Waals surface area contributed by atoms with Crippen molar-refractivity contribution in [2.24, 2.45) is 0 Å². The molecule has 7 heteroatoms. The molecule has 0 saturated carbocycles. The van der Waals surface area contributed by atoms with E-state index in [1.165, 1.54) is 17.0 Å². The minimum absolute atomic E-state index is 0.158. The van der Waals surface area contributed by atoms with Gasteiger partial charge in [-0.05, 0) is 61.7 Å². The largest absolute Gasteiger partial charge is 0.325 e. The summed E-state index contributed by atoms with van der Waals surface area (Å²) in [4.78, 5) is 27.1. The quantitative estimate of drug-likeness (QED) is 0.652. The fourth-order valence-corrected chi connectivity index (χ4v) is 3.96. The smallest absolute Gasteiger partial charge is 0.319 e. The summed E-state index contributed by atoms with van der Waals surface area (Å²) < 4.78 is 15.2. The lowest BCUT2D eigenvalue weighted by molar-refractivity contribution is -0.132. The highest BCUT2D eigenvalue weighted by Crippen LogP contribution is 2.33. The van der Waals surface area contributed by atoms with E-state index in [2.05, 4.69) is 10.4 Å². The second kappa shape index (κ2) is 7.40. The van der Waals surface area contributed by atoms with Crippen LogP contribution < -0.4 is 5.32 Å². The Kier molecular flexibility index (Phi) is 4.89. The summed E-state index contributed by atoms with van der Waals surface area (Å²) in [6.07, 6.45) is 0.372. The van der Waals surface area contributed by atoms with Crippen molar-refractivity contribution in [1.29, 1.82) is 0 Å². The summed E-state index contributed by atoms with van der Waals surface area (Å²) in [5.74, 6) is -0.717. The molecule has 1 fully saturated rings. The summed E-state index contributed by atoms with van der Waals surface area (Å²) in [5.41, 5.74) is 3.11. The lowest BCUT2D eigenvalue weighted by Crippen LogP contribution is -2.43. The molecule has 1 saturated heterocycles. The van der Waals surface area contributed by atoms with Crippen molar-refractivity contribution < 1.29 is 14.0 Å². The van der Waals surface area contributed by atoms with Crippen LogP contribution >= 0.6 is 0 Å². The van der Waals surface area contributed by atoms with Crippen molar-refractivity contribution in [1.82, 2.24) is 20.0 Å². The van der Waals surface area contributed by atoms with Gasteiger partial charge in [0.25, 0.3) is 5.91 Å². The Hall–Kier alpha value is -3.48. The van der Waals surface area contributed by atoms with Gasteiger partial charge in [0.15, 0.2) is 0 Å². The van der Waals surface area contributed by atoms with E-state index >= 15 is 0 Å². The van der Waals surface area contributed by atoms with Crippen LogP contribution in [0.1, 0.15) is 35.9 Å². The van der Waals surface area contributed by atoms with Gasteiger partial charge in [-0.25, -0.2) is 13.9 Å². The number of benzene rings is 2. The van der Waals surface area contributed by atoms with Gasteiger partial charge in [0.05, 0.1) is 17.9 Å². The number of rotatable bonds is 5. The molecule has 3 amide bonds. The van der Waals surface area contributed by atoms with Crippen molar-refractivity contribution >= 4 is 11.9 Å². The molecule has 1 atom stereocenters. The van der Waals surface area contributed by atoms with Crippen molar-refractivity contribution in [3.05, 3.63) is 82.9 Å². The number of nitrogens with one attached hydrogen (secondary N) is 1. The van der Waals surface area contributed by atoms with E-state index in [1.54, 1.807) is 12.1 Å². The van der Waals surface area contributed by atoms with E-state index in [0.29, 0.717) is 12.0 Å². The summed E-state index contributed by atoms with van der Waals surface area (Å²) in [5, 5.41) is 7.29. The topological polar surface area (TPSA) is 67.2 Å². The zero-order valence-electron chi connectivity index (χ0n) is 17.1. The molecule has 1 aliphatic rings. The molecule has 1 unspecified atom stereocenters. The first kappa shape index (κ1) is 19.8. The van der Waals surface area contributed by atoms with Crippen LogP contribution in [0.25, 0.3) is 5.69 Å². The maximum Gasteiger partial charge on any atom is 0.325 e. The Morgan fingerprint density at radius 3 is 2.27 bits per heavy atom. The molecule has 1 aliphatic heterocycles. The van der Waals surface area contributed by atoms with E-state index in [0.717, 1.165) is 22.6 Å². The summed E-state index contributed by atoms with van der Waals surface area (Å²) in [6, 6.07) is 14.8. The van der Waals surface area contributed by atoms with Gasteiger partial charge < -0.3 is 5.32 Å². The van der Waals surface area contributed by atoms with Gasteiger partial charge in [0.2, 0.25) is 0 Å². The number of amides is 3. The van der Waals surface area contributed by atoms with Gasteiger partial charge in [0.1, 0.15) is 11.4 Å². The Bertz CT molecular complexity index is 1110.